The Morgan fingerprint density at radius 1 is 1.05 bits per heavy atom. The van der Waals surface area contributed by atoms with E-state index in [0.29, 0.717) is 28.2 Å². The van der Waals surface area contributed by atoms with Crippen molar-refractivity contribution in [1.29, 1.82) is 5.26 Å². The molecule has 0 atom stereocenters. The second-order valence-corrected chi connectivity index (χ2v) is 8.16. The molecule has 38 heavy (non-hydrogen) atoms. The van der Waals surface area contributed by atoms with Gasteiger partial charge in [-0.2, -0.15) is 18.4 Å². The van der Waals surface area contributed by atoms with E-state index in [9.17, 15) is 22.8 Å². The van der Waals surface area contributed by atoms with Gasteiger partial charge in [-0.1, -0.05) is 12.1 Å². The van der Waals surface area contributed by atoms with Crippen LogP contribution in [0.2, 0.25) is 0 Å². The van der Waals surface area contributed by atoms with Gasteiger partial charge in [0.05, 0.1) is 46.5 Å². The first-order valence-corrected chi connectivity index (χ1v) is 11.3. The second kappa shape index (κ2) is 10.6. The topological polar surface area (TPSA) is 106 Å². The van der Waals surface area contributed by atoms with Crippen molar-refractivity contribution in [2.75, 3.05) is 12.4 Å². The zero-order chi connectivity index (χ0) is 27.4. The fraction of sp³-hybridized carbons (Fsp3) is 0.148. The molecule has 0 radical (unpaired) electrons. The summed E-state index contributed by atoms with van der Waals surface area (Å²) < 4.78 is 42.7. The van der Waals surface area contributed by atoms with Crippen molar-refractivity contribution in [3.63, 3.8) is 0 Å². The monoisotopic (exact) mass is 518 g/mol. The predicted molar refractivity (Wildman–Crippen MR) is 138 cm³/mol. The number of alkyl halides is 3. The summed E-state index contributed by atoms with van der Waals surface area (Å²) in [7, 11) is 3.36. The highest BCUT2D eigenvalue weighted by atomic mass is 19.4. The highest BCUT2D eigenvalue weighted by molar-refractivity contribution is 6.04. The lowest BCUT2D eigenvalue weighted by atomic mass is 10.0. The average Bonchev–Trinajstić information content (AvgIpc) is 3.19. The number of benzene rings is 2. The van der Waals surface area contributed by atoms with E-state index in [-0.39, 0.29) is 12.1 Å². The van der Waals surface area contributed by atoms with Crippen molar-refractivity contribution in [1.82, 2.24) is 19.1 Å². The third-order valence-corrected chi connectivity index (χ3v) is 5.84. The van der Waals surface area contributed by atoms with Crippen molar-refractivity contribution in [3.8, 4) is 22.9 Å². The standard InChI is InChI=1S/C24H18F3N5O.C3H3NO/c1-28-21-9-7-15(12-30-21)14-6-8-19-18(10-14)22-20(13-29-19)31(2)23(33)32(22)17-5-3-4-16(11-17)24(25,26)27;4-2-1-3-5/h3-13H,1-2H3,(H,28,30);3H,1H2. The predicted octanol–water partition coefficient (Wildman–Crippen LogP) is 5.10. The van der Waals surface area contributed by atoms with Crippen LogP contribution in [0.1, 0.15) is 12.0 Å². The number of fused-ring (bicyclic) bond motifs is 3. The van der Waals surface area contributed by atoms with E-state index in [0.717, 1.165) is 29.1 Å². The van der Waals surface area contributed by atoms with E-state index in [1.165, 1.54) is 21.3 Å². The van der Waals surface area contributed by atoms with Gasteiger partial charge in [0.2, 0.25) is 0 Å². The quantitative estimate of drug-likeness (QED) is 0.332. The molecule has 0 spiro atoms. The maximum atomic E-state index is 13.3. The number of carbonyl (C=O) groups excluding carboxylic acids is 1. The third kappa shape index (κ3) is 4.97. The number of carbonyl (C=O) groups is 1. The molecule has 1 N–H and O–H groups in total. The minimum atomic E-state index is -4.52. The molecule has 5 rings (SSSR count). The molecular formula is C27H21F3N6O2. The second-order valence-electron chi connectivity index (χ2n) is 8.16. The number of hydrogen-bond donors (Lipinski definition) is 1. The van der Waals surface area contributed by atoms with Crippen LogP contribution in [0.5, 0.6) is 0 Å². The molecule has 0 bridgehead atoms. The Morgan fingerprint density at radius 2 is 1.82 bits per heavy atom. The molecule has 0 saturated heterocycles. The van der Waals surface area contributed by atoms with E-state index in [1.807, 2.05) is 30.3 Å². The van der Waals surface area contributed by atoms with Gasteiger partial charge in [0.15, 0.2) is 0 Å². The SMILES string of the molecule is CNc1ccc(-c2ccc3ncc4c(c3c2)n(-c2cccc(C(F)(F)F)c2)c(=O)n4C)cn1.N#CCC=O. The lowest BCUT2D eigenvalue weighted by molar-refractivity contribution is -0.137. The Morgan fingerprint density at radius 3 is 2.42 bits per heavy atom. The Hall–Kier alpha value is -4.98. The van der Waals surface area contributed by atoms with Crippen LogP contribution >= 0.6 is 0 Å². The summed E-state index contributed by atoms with van der Waals surface area (Å²) in [5.74, 6) is 0.727. The van der Waals surface area contributed by atoms with Crippen LogP contribution in [0.15, 0.2) is 71.8 Å². The Balaban J connectivity index is 0.000000617. The van der Waals surface area contributed by atoms with Gasteiger partial charge >= 0.3 is 11.9 Å². The molecule has 192 valence electrons. The van der Waals surface area contributed by atoms with Crippen LogP contribution in [-0.2, 0) is 18.0 Å². The first-order chi connectivity index (χ1) is 18.2. The summed E-state index contributed by atoms with van der Waals surface area (Å²) >= 11 is 0. The number of imidazole rings is 1. The fourth-order valence-electron chi connectivity index (χ4n) is 3.99. The van der Waals surface area contributed by atoms with Crippen molar-refractivity contribution < 1.29 is 18.0 Å². The molecule has 11 heteroatoms. The van der Waals surface area contributed by atoms with Gasteiger partial charge < -0.3 is 10.1 Å². The van der Waals surface area contributed by atoms with Crippen molar-refractivity contribution in [2.45, 2.75) is 12.6 Å². The zero-order valence-corrected chi connectivity index (χ0v) is 20.3. The number of hydrogen-bond acceptors (Lipinski definition) is 6. The van der Waals surface area contributed by atoms with Crippen LogP contribution in [0, 0.1) is 11.3 Å². The van der Waals surface area contributed by atoms with Crippen molar-refractivity contribution in [3.05, 3.63) is 83.0 Å². The van der Waals surface area contributed by atoms with Gasteiger partial charge in [0.25, 0.3) is 0 Å². The maximum Gasteiger partial charge on any atom is 0.416 e. The molecule has 8 nitrogen and oxygen atoms in total. The number of aldehydes is 1. The minimum Gasteiger partial charge on any atom is -0.373 e. The summed E-state index contributed by atoms with van der Waals surface area (Å²) in [6, 6.07) is 15.8. The number of halogens is 3. The Kier molecular flexibility index (Phi) is 7.25. The molecule has 0 unspecified atom stereocenters. The lowest BCUT2D eigenvalue weighted by Crippen LogP contribution is -2.21. The molecule has 3 heterocycles. The first-order valence-electron chi connectivity index (χ1n) is 11.3. The smallest absolute Gasteiger partial charge is 0.373 e. The Labute approximate surface area is 214 Å². The molecule has 0 fully saturated rings. The van der Waals surface area contributed by atoms with Crippen LogP contribution < -0.4 is 11.0 Å². The van der Waals surface area contributed by atoms with Gasteiger partial charge in [0, 0.05) is 31.2 Å². The largest absolute Gasteiger partial charge is 0.416 e. The van der Waals surface area contributed by atoms with Crippen LogP contribution in [0.25, 0.3) is 38.8 Å². The Bertz CT molecular complexity index is 1730. The zero-order valence-electron chi connectivity index (χ0n) is 20.3. The summed E-state index contributed by atoms with van der Waals surface area (Å²) in [5, 5.41) is 11.2. The van der Waals surface area contributed by atoms with Gasteiger partial charge in [-0.05, 0) is 48.0 Å². The van der Waals surface area contributed by atoms with E-state index < -0.39 is 17.4 Å². The molecule has 5 aromatic rings. The summed E-state index contributed by atoms with van der Waals surface area (Å²) in [4.78, 5) is 31.1. The molecule has 2 aromatic carbocycles. The molecule has 0 amide bonds. The minimum absolute atomic E-state index is 0.0139. The number of anilines is 1. The molecule has 0 saturated carbocycles. The summed E-state index contributed by atoms with van der Waals surface area (Å²) in [6.07, 6.45) is -0.648. The first kappa shape index (κ1) is 26.1. The molecule has 0 aliphatic heterocycles. The van der Waals surface area contributed by atoms with Gasteiger partial charge in [-0.25, -0.2) is 9.78 Å². The van der Waals surface area contributed by atoms with E-state index >= 15 is 0 Å². The summed E-state index contributed by atoms with van der Waals surface area (Å²) in [6.45, 7) is 0. The molecule has 3 aromatic heterocycles. The molecular weight excluding hydrogens is 497 g/mol. The van der Waals surface area contributed by atoms with E-state index in [4.69, 9.17) is 5.26 Å². The van der Waals surface area contributed by atoms with Crippen molar-refractivity contribution in [2.24, 2.45) is 7.05 Å². The number of pyridine rings is 2. The third-order valence-electron chi connectivity index (χ3n) is 5.84. The highest BCUT2D eigenvalue weighted by Gasteiger charge is 2.31. The van der Waals surface area contributed by atoms with Gasteiger partial charge in [0.1, 0.15) is 12.1 Å². The van der Waals surface area contributed by atoms with E-state index in [2.05, 4.69) is 15.3 Å². The number of aryl methyl sites for hydroxylation is 1. The van der Waals surface area contributed by atoms with Gasteiger partial charge in [-0.15, -0.1) is 0 Å². The van der Waals surface area contributed by atoms with Gasteiger partial charge in [-0.3, -0.25) is 14.1 Å². The summed E-state index contributed by atoms with van der Waals surface area (Å²) in [5.41, 5.74) is 2.20. The average molecular weight is 518 g/mol. The van der Waals surface area contributed by atoms with Crippen LogP contribution in [0.3, 0.4) is 0 Å². The fourth-order valence-corrected chi connectivity index (χ4v) is 3.99. The highest BCUT2D eigenvalue weighted by Crippen LogP contribution is 2.33. The number of nitrogens with zero attached hydrogens (tertiary/aromatic N) is 5. The normalized spacial score (nSPS) is 11.1. The van der Waals surface area contributed by atoms with Crippen molar-refractivity contribution >= 4 is 34.0 Å². The number of nitrogens with one attached hydrogen (secondary N) is 1. The number of nitriles is 1. The number of rotatable bonds is 4. The molecule has 0 aliphatic carbocycles. The van der Waals surface area contributed by atoms with Crippen LogP contribution in [0.4, 0.5) is 19.0 Å². The van der Waals surface area contributed by atoms with E-state index in [1.54, 1.807) is 32.6 Å². The van der Waals surface area contributed by atoms with Crippen LogP contribution in [-0.4, -0.2) is 32.4 Å². The molecule has 0 aliphatic rings. The number of aromatic nitrogens is 4. The maximum absolute atomic E-state index is 13.3. The lowest BCUT2D eigenvalue weighted by Gasteiger charge is -2.11.